The number of β-amino-alcohol motifs (C(OH)–C–C–N with tert-alkyl or cyclic N) is 1. The fourth-order valence-electron chi connectivity index (χ4n) is 1.98. The van der Waals surface area contributed by atoms with Crippen molar-refractivity contribution in [2.45, 2.75) is 44.9 Å². The van der Waals surface area contributed by atoms with Crippen LogP contribution in [0, 0.1) is 5.92 Å². The van der Waals surface area contributed by atoms with Gasteiger partial charge in [0.15, 0.2) is 0 Å². The third-order valence-electron chi connectivity index (χ3n) is 3.39. The summed E-state index contributed by atoms with van der Waals surface area (Å²) in [5, 5.41) is 18.4. The Morgan fingerprint density at radius 3 is 2.59 bits per heavy atom. The number of likely N-dealkylation sites (tertiary alicyclic amines) is 1. The maximum Gasteiger partial charge on any atom is 0.326 e. The monoisotopic (exact) mass is 244 g/mol. The molecule has 0 aromatic rings. The summed E-state index contributed by atoms with van der Waals surface area (Å²) in [5.74, 6) is -1.48. The fraction of sp³-hybridized carbons (Fsp3) is 0.818. The lowest BCUT2D eigenvalue weighted by molar-refractivity contribution is -0.149. The molecule has 1 saturated heterocycles. The molecule has 1 aliphatic rings. The average molecular weight is 244 g/mol. The molecular weight excluding hydrogens is 224 g/mol. The van der Waals surface area contributed by atoms with E-state index >= 15 is 0 Å². The molecule has 0 radical (unpaired) electrons. The van der Waals surface area contributed by atoms with Gasteiger partial charge in [-0.3, -0.25) is 4.79 Å². The highest BCUT2D eigenvalue weighted by Crippen LogP contribution is 2.20. The van der Waals surface area contributed by atoms with Gasteiger partial charge in [0.2, 0.25) is 5.91 Å². The molecule has 17 heavy (non-hydrogen) atoms. The highest BCUT2D eigenvalue weighted by Gasteiger charge is 2.41. The molecule has 0 bridgehead atoms. The van der Waals surface area contributed by atoms with Crippen molar-refractivity contribution in [2.24, 2.45) is 11.7 Å². The maximum atomic E-state index is 12.0. The number of aliphatic hydroxyl groups excluding tert-OH is 1. The zero-order valence-corrected chi connectivity index (χ0v) is 10.2. The maximum absolute atomic E-state index is 12.0. The van der Waals surface area contributed by atoms with E-state index in [2.05, 4.69) is 0 Å². The van der Waals surface area contributed by atoms with Gasteiger partial charge in [-0.25, -0.2) is 4.79 Å². The minimum atomic E-state index is -1.09. The summed E-state index contributed by atoms with van der Waals surface area (Å²) in [6, 6.07) is -1.65. The van der Waals surface area contributed by atoms with Crippen molar-refractivity contribution in [3.63, 3.8) is 0 Å². The van der Waals surface area contributed by atoms with Crippen molar-refractivity contribution in [3.05, 3.63) is 0 Å². The van der Waals surface area contributed by atoms with Crippen molar-refractivity contribution < 1.29 is 19.8 Å². The number of carbonyl (C=O) groups excluding carboxylic acids is 1. The number of hydrogen-bond donors (Lipinski definition) is 3. The molecule has 6 heteroatoms. The van der Waals surface area contributed by atoms with Crippen LogP contribution in [0.1, 0.15) is 26.7 Å². The molecule has 4 N–H and O–H groups in total. The van der Waals surface area contributed by atoms with Crippen molar-refractivity contribution >= 4 is 11.9 Å². The van der Waals surface area contributed by atoms with E-state index in [-0.39, 0.29) is 24.8 Å². The first-order valence-electron chi connectivity index (χ1n) is 5.85. The lowest BCUT2D eigenvalue weighted by Gasteiger charge is -2.27. The molecule has 1 fully saturated rings. The smallest absolute Gasteiger partial charge is 0.326 e. The Morgan fingerprint density at radius 1 is 1.53 bits per heavy atom. The lowest BCUT2D eigenvalue weighted by atomic mass is 9.98. The number of hydrogen-bond acceptors (Lipinski definition) is 4. The predicted molar refractivity (Wildman–Crippen MR) is 61.2 cm³/mol. The number of aliphatic hydroxyl groups is 1. The molecule has 6 nitrogen and oxygen atoms in total. The average Bonchev–Trinajstić information content (AvgIpc) is 2.68. The summed E-state index contributed by atoms with van der Waals surface area (Å²) in [7, 11) is 0. The van der Waals surface area contributed by atoms with Gasteiger partial charge < -0.3 is 20.8 Å². The normalized spacial score (nSPS) is 27.9. The highest BCUT2D eigenvalue weighted by molar-refractivity contribution is 5.87. The minimum Gasteiger partial charge on any atom is -0.480 e. The van der Waals surface area contributed by atoms with E-state index in [4.69, 9.17) is 10.8 Å². The molecular formula is C11H20N2O4. The Morgan fingerprint density at radius 2 is 2.12 bits per heavy atom. The third-order valence-corrected chi connectivity index (χ3v) is 3.39. The Labute approximate surface area is 100 Å². The Hall–Kier alpha value is -1.14. The summed E-state index contributed by atoms with van der Waals surface area (Å²) in [5.41, 5.74) is 5.79. The first-order valence-corrected chi connectivity index (χ1v) is 5.85. The molecule has 0 aliphatic carbocycles. The Kier molecular flexibility index (Phi) is 4.47. The SMILES string of the molecule is CC[C@H](C)[C@H](N)C(=O)N1C[C@H](O)C[C@@H]1C(=O)O. The van der Waals surface area contributed by atoms with Crippen molar-refractivity contribution in [2.75, 3.05) is 6.54 Å². The van der Waals surface area contributed by atoms with Gasteiger partial charge in [0, 0.05) is 13.0 Å². The summed E-state index contributed by atoms with van der Waals surface area (Å²) >= 11 is 0. The van der Waals surface area contributed by atoms with Gasteiger partial charge in [0.05, 0.1) is 12.1 Å². The van der Waals surface area contributed by atoms with Crippen molar-refractivity contribution in [1.29, 1.82) is 0 Å². The molecule has 4 atom stereocenters. The van der Waals surface area contributed by atoms with E-state index in [1.807, 2.05) is 13.8 Å². The Bertz CT molecular complexity index is 308. The van der Waals surface area contributed by atoms with Crippen molar-refractivity contribution in [3.8, 4) is 0 Å². The summed E-state index contributed by atoms with van der Waals surface area (Å²) in [6.07, 6.45) is 0.0548. The van der Waals surface area contributed by atoms with Crippen LogP contribution in [0.15, 0.2) is 0 Å². The zero-order valence-electron chi connectivity index (χ0n) is 10.2. The number of nitrogens with zero attached hydrogens (tertiary/aromatic N) is 1. The fourth-order valence-corrected chi connectivity index (χ4v) is 1.98. The topological polar surface area (TPSA) is 104 Å². The molecule has 0 aromatic heterocycles. The zero-order chi connectivity index (χ0) is 13.2. The molecule has 1 amide bonds. The summed E-state index contributed by atoms with van der Waals surface area (Å²) in [4.78, 5) is 24.2. The molecule has 1 heterocycles. The van der Waals surface area contributed by atoms with Gasteiger partial charge in [0.1, 0.15) is 6.04 Å². The number of carboxylic acids is 1. The first kappa shape index (κ1) is 13.9. The first-order chi connectivity index (χ1) is 7.88. The molecule has 1 rings (SSSR count). The molecule has 0 spiro atoms. The molecule has 98 valence electrons. The van der Waals surface area contributed by atoms with Gasteiger partial charge >= 0.3 is 5.97 Å². The molecule has 0 aromatic carbocycles. The van der Waals surface area contributed by atoms with Gasteiger partial charge in [-0.05, 0) is 5.92 Å². The van der Waals surface area contributed by atoms with Crippen LogP contribution in [0.5, 0.6) is 0 Å². The van der Waals surface area contributed by atoms with Crippen LogP contribution in [0.2, 0.25) is 0 Å². The van der Waals surface area contributed by atoms with Crippen LogP contribution in [-0.2, 0) is 9.59 Å². The van der Waals surface area contributed by atoms with E-state index in [1.165, 1.54) is 4.90 Å². The number of amides is 1. The third kappa shape index (κ3) is 2.95. The number of carbonyl (C=O) groups is 2. The highest BCUT2D eigenvalue weighted by atomic mass is 16.4. The van der Waals surface area contributed by atoms with Crippen LogP contribution in [0.3, 0.4) is 0 Å². The standard InChI is InChI=1S/C11H20N2O4/c1-3-6(2)9(12)10(15)13-5-7(14)4-8(13)11(16)17/h6-9,14H,3-5,12H2,1-2H3,(H,16,17)/t6-,7+,8+,9-/m0/s1. The van der Waals surface area contributed by atoms with E-state index in [0.29, 0.717) is 0 Å². The summed E-state index contributed by atoms with van der Waals surface area (Å²) < 4.78 is 0. The van der Waals surface area contributed by atoms with Crippen LogP contribution < -0.4 is 5.73 Å². The van der Waals surface area contributed by atoms with Gasteiger partial charge in [-0.2, -0.15) is 0 Å². The lowest BCUT2D eigenvalue weighted by Crippen LogP contribution is -2.50. The second-order valence-corrected chi connectivity index (χ2v) is 4.65. The van der Waals surface area contributed by atoms with Crippen LogP contribution >= 0.6 is 0 Å². The second kappa shape index (κ2) is 5.46. The van der Waals surface area contributed by atoms with Gasteiger partial charge in [0.25, 0.3) is 0 Å². The van der Waals surface area contributed by atoms with Gasteiger partial charge in [-0.15, -0.1) is 0 Å². The molecule has 0 saturated carbocycles. The number of carboxylic acid groups (broad SMARTS) is 1. The quantitative estimate of drug-likeness (QED) is 0.613. The Balaban J connectivity index is 2.77. The van der Waals surface area contributed by atoms with Crippen LogP contribution in [0.25, 0.3) is 0 Å². The predicted octanol–water partition coefficient (Wildman–Crippen LogP) is -0.594. The van der Waals surface area contributed by atoms with E-state index in [1.54, 1.807) is 0 Å². The summed E-state index contributed by atoms with van der Waals surface area (Å²) in [6.45, 7) is 3.83. The number of rotatable bonds is 4. The van der Waals surface area contributed by atoms with Crippen molar-refractivity contribution in [1.82, 2.24) is 4.90 Å². The largest absolute Gasteiger partial charge is 0.480 e. The van der Waals surface area contributed by atoms with Crippen LogP contribution in [0.4, 0.5) is 0 Å². The second-order valence-electron chi connectivity index (χ2n) is 4.65. The number of aliphatic carboxylic acids is 1. The van der Waals surface area contributed by atoms with Crippen LogP contribution in [-0.4, -0.2) is 51.7 Å². The van der Waals surface area contributed by atoms with E-state index in [0.717, 1.165) is 6.42 Å². The van der Waals surface area contributed by atoms with E-state index in [9.17, 15) is 14.7 Å². The molecule has 0 unspecified atom stereocenters. The number of nitrogens with two attached hydrogens (primary N) is 1. The van der Waals surface area contributed by atoms with E-state index < -0.39 is 24.2 Å². The minimum absolute atomic E-state index is 0.00492. The molecule has 1 aliphatic heterocycles. The van der Waals surface area contributed by atoms with Gasteiger partial charge in [-0.1, -0.05) is 20.3 Å².